The Bertz CT molecular complexity index is 1080. The summed E-state index contributed by atoms with van der Waals surface area (Å²) in [5.41, 5.74) is 2.40. The standard InChI is InChI=1S/C19H23ClN2O4S2/c1-14-12-15(2)19(16(3)13-14)28(25,26)22-10-8-21(9-11-22)27(23,24)18-7-5-4-6-17(18)20/h4-7,12-13H,8-11H2,1-3H3. The van der Waals surface area contributed by atoms with Gasteiger partial charge in [-0.25, -0.2) is 16.8 Å². The molecule has 0 bridgehead atoms. The number of aryl methyl sites for hydroxylation is 3. The van der Waals surface area contributed by atoms with Gasteiger partial charge in [-0.2, -0.15) is 8.61 Å². The minimum absolute atomic E-state index is 0.0400. The molecule has 1 aliphatic rings. The first-order valence-corrected chi connectivity index (χ1v) is 12.1. The van der Waals surface area contributed by atoms with E-state index >= 15 is 0 Å². The Balaban J connectivity index is 1.83. The minimum Gasteiger partial charge on any atom is -0.207 e. The van der Waals surface area contributed by atoms with Crippen molar-refractivity contribution in [3.63, 3.8) is 0 Å². The van der Waals surface area contributed by atoms with Gasteiger partial charge in [0.2, 0.25) is 20.0 Å². The Kier molecular flexibility index (Phi) is 5.89. The fourth-order valence-electron chi connectivity index (χ4n) is 3.65. The second-order valence-corrected chi connectivity index (χ2v) is 11.2. The molecule has 0 aliphatic carbocycles. The second kappa shape index (κ2) is 7.76. The lowest BCUT2D eigenvalue weighted by atomic mass is 10.1. The van der Waals surface area contributed by atoms with E-state index in [1.165, 1.54) is 20.7 Å². The summed E-state index contributed by atoms with van der Waals surface area (Å²) in [6.45, 7) is 5.84. The van der Waals surface area contributed by atoms with Crippen LogP contribution in [0.25, 0.3) is 0 Å². The van der Waals surface area contributed by atoms with Gasteiger partial charge >= 0.3 is 0 Å². The Morgan fingerprint density at radius 3 is 1.75 bits per heavy atom. The van der Waals surface area contributed by atoms with Crippen molar-refractivity contribution in [2.45, 2.75) is 30.6 Å². The minimum atomic E-state index is -3.77. The van der Waals surface area contributed by atoms with E-state index < -0.39 is 20.0 Å². The zero-order chi connectivity index (χ0) is 20.7. The molecule has 1 saturated heterocycles. The van der Waals surface area contributed by atoms with Gasteiger partial charge in [0.15, 0.2) is 0 Å². The molecule has 28 heavy (non-hydrogen) atoms. The molecular formula is C19H23ClN2O4S2. The first kappa shape index (κ1) is 21.3. The number of hydrogen-bond acceptors (Lipinski definition) is 4. The highest BCUT2D eigenvalue weighted by atomic mass is 35.5. The molecule has 0 N–H and O–H groups in total. The molecule has 3 rings (SSSR count). The van der Waals surface area contributed by atoms with Crippen LogP contribution in [-0.4, -0.2) is 51.6 Å². The van der Waals surface area contributed by atoms with E-state index in [0.717, 1.165) is 5.56 Å². The van der Waals surface area contributed by atoms with E-state index in [2.05, 4.69) is 0 Å². The van der Waals surface area contributed by atoms with Gasteiger partial charge in [0, 0.05) is 26.2 Å². The maximum atomic E-state index is 13.2. The van der Waals surface area contributed by atoms with Crippen LogP contribution in [0.3, 0.4) is 0 Å². The molecule has 9 heteroatoms. The van der Waals surface area contributed by atoms with Crippen molar-refractivity contribution < 1.29 is 16.8 Å². The Morgan fingerprint density at radius 1 is 0.786 bits per heavy atom. The predicted octanol–water partition coefficient (Wildman–Crippen LogP) is 2.96. The lowest BCUT2D eigenvalue weighted by molar-refractivity contribution is 0.272. The molecule has 0 aromatic heterocycles. The van der Waals surface area contributed by atoms with Gasteiger partial charge in [0.05, 0.1) is 9.92 Å². The van der Waals surface area contributed by atoms with Crippen molar-refractivity contribution in [2.24, 2.45) is 0 Å². The molecular weight excluding hydrogens is 420 g/mol. The molecule has 0 amide bonds. The molecule has 2 aromatic rings. The fourth-order valence-corrected chi connectivity index (χ4v) is 7.40. The van der Waals surface area contributed by atoms with Crippen LogP contribution >= 0.6 is 11.6 Å². The summed E-state index contributed by atoms with van der Waals surface area (Å²) in [6, 6.07) is 9.95. The number of benzene rings is 2. The van der Waals surface area contributed by atoms with Gasteiger partial charge in [-0.15, -0.1) is 0 Å². The van der Waals surface area contributed by atoms with Crippen molar-refractivity contribution in [1.82, 2.24) is 8.61 Å². The maximum Gasteiger partial charge on any atom is 0.244 e. The summed E-state index contributed by atoms with van der Waals surface area (Å²) in [5, 5.41) is 0.156. The summed E-state index contributed by atoms with van der Waals surface area (Å²) in [7, 11) is -7.46. The van der Waals surface area contributed by atoms with E-state index in [1.807, 2.05) is 19.1 Å². The molecule has 1 aliphatic heterocycles. The smallest absolute Gasteiger partial charge is 0.207 e. The third kappa shape index (κ3) is 3.84. The maximum absolute atomic E-state index is 13.2. The van der Waals surface area contributed by atoms with Crippen LogP contribution in [0.4, 0.5) is 0 Å². The average Bonchev–Trinajstić information content (AvgIpc) is 2.61. The lowest BCUT2D eigenvalue weighted by Crippen LogP contribution is -2.50. The Morgan fingerprint density at radius 2 is 1.25 bits per heavy atom. The van der Waals surface area contributed by atoms with Crippen molar-refractivity contribution in [3.05, 3.63) is 58.1 Å². The molecule has 6 nitrogen and oxygen atoms in total. The van der Waals surface area contributed by atoms with Crippen LogP contribution in [0.5, 0.6) is 0 Å². The van der Waals surface area contributed by atoms with Gasteiger partial charge in [-0.1, -0.05) is 41.4 Å². The Labute approximate surface area is 171 Å². The number of sulfonamides is 2. The molecule has 0 radical (unpaired) electrons. The topological polar surface area (TPSA) is 74.8 Å². The molecule has 1 fully saturated rings. The van der Waals surface area contributed by atoms with Gasteiger partial charge in [-0.05, 0) is 44.0 Å². The highest BCUT2D eigenvalue weighted by Gasteiger charge is 2.35. The van der Waals surface area contributed by atoms with Crippen molar-refractivity contribution in [1.29, 1.82) is 0 Å². The number of halogens is 1. The van der Waals surface area contributed by atoms with Crippen LogP contribution in [0.15, 0.2) is 46.2 Å². The zero-order valence-electron chi connectivity index (χ0n) is 16.0. The van der Waals surface area contributed by atoms with E-state index in [9.17, 15) is 16.8 Å². The summed E-state index contributed by atoms with van der Waals surface area (Å²) in [6.07, 6.45) is 0. The zero-order valence-corrected chi connectivity index (χ0v) is 18.4. The summed E-state index contributed by atoms with van der Waals surface area (Å²) >= 11 is 6.04. The van der Waals surface area contributed by atoms with Crippen molar-refractivity contribution >= 4 is 31.6 Å². The van der Waals surface area contributed by atoms with Crippen LogP contribution < -0.4 is 0 Å². The van der Waals surface area contributed by atoms with Gasteiger partial charge in [0.25, 0.3) is 0 Å². The average molecular weight is 443 g/mol. The van der Waals surface area contributed by atoms with E-state index in [4.69, 9.17) is 11.6 Å². The molecule has 0 atom stereocenters. The summed E-state index contributed by atoms with van der Waals surface area (Å²) < 4.78 is 54.7. The molecule has 0 saturated carbocycles. The van der Waals surface area contributed by atoms with Crippen LogP contribution in [0, 0.1) is 20.8 Å². The molecule has 0 spiro atoms. The third-order valence-electron chi connectivity index (χ3n) is 4.85. The van der Waals surface area contributed by atoms with Crippen LogP contribution in [0.1, 0.15) is 16.7 Å². The number of hydrogen-bond donors (Lipinski definition) is 0. The largest absolute Gasteiger partial charge is 0.244 e. The number of piperazine rings is 1. The molecule has 1 heterocycles. The van der Waals surface area contributed by atoms with E-state index in [0.29, 0.717) is 16.0 Å². The number of rotatable bonds is 4. The van der Waals surface area contributed by atoms with Crippen molar-refractivity contribution in [3.8, 4) is 0 Å². The third-order valence-corrected chi connectivity index (χ3v) is 9.46. The fraction of sp³-hybridized carbons (Fsp3) is 0.368. The van der Waals surface area contributed by atoms with Gasteiger partial charge in [-0.3, -0.25) is 0 Å². The lowest BCUT2D eigenvalue weighted by Gasteiger charge is -2.34. The second-order valence-electron chi connectivity index (χ2n) is 6.97. The molecule has 2 aromatic carbocycles. The molecule has 152 valence electrons. The highest BCUT2D eigenvalue weighted by molar-refractivity contribution is 7.89. The van der Waals surface area contributed by atoms with E-state index in [-0.39, 0.29) is 36.1 Å². The van der Waals surface area contributed by atoms with E-state index in [1.54, 1.807) is 26.0 Å². The van der Waals surface area contributed by atoms with Crippen LogP contribution in [0.2, 0.25) is 5.02 Å². The predicted molar refractivity (Wildman–Crippen MR) is 110 cm³/mol. The first-order chi connectivity index (χ1) is 13.0. The number of nitrogens with zero attached hydrogens (tertiary/aromatic N) is 2. The normalized spacial score (nSPS) is 17.0. The monoisotopic (exact) mass is 442 g/mol. The molecule has 0 unspecified atom stereocenters. The highest BCUT2D eigenvalue weighted by Crippen LogP contribution is 2.28. The van der Waals surface area contributed by atoms with Gasteiger partial charge < -0.3 is 0 Å². The SMILES string of the molecule is Cc1cc(C)c(S(=O)(=O)N2CCN(S(=O)(=O)c3ccccc3Cl)CC2)c(C)c1. The first-order valence-electron chi connectivity index (χ1n) is 8.88. The summed E-state index contributed by atoms with van der Waals surface area (Å²) in [5.74, 6) is 0. The Hall–Kier alpha value is -1.45. The summed E-state index contributed by atoms with van der Waals surface area (Å²) in [4.78, 5) is 0.346. The van der Waals surface area contributed by atoms with Gasteiger partial charge in [0.1, 0.15) is 4.90 Å². The van der Waals surface area contributed by atoms with Crippen LogP contribution in [-0.2, 0) is 20.0 Å². The quantitative estimate of drug-likeness (QED) is 0.729. The van der Waals surface area contributed by atoms with Crippen molar-refractivity contribution in [2.75, 3.05) is 26.2 Å².